The Balaban J connectivity index is 1.81. The molecular weight excluding hydrogens is 326 g/mol. The number of carbonyl (C=O) groups excluding carboxylic acids is 2. The Hall–Kier alpha value is -2.07. The normalized spacial score (nSPS) is 10.4. The van der Waals surface area contributed by atoms with Gasteiger partial charge in [-0.05, 0) is 17.9 Å². The zero-order chi connectivity index (χ0) is 15.9. The Morgan fingerprint density at radius 1 is 1.45 bits per heavy atom. The van der Waals surface area contributed by atoms with Crippen LogP contribution in [0.3, 0.4) is 0 Å². The first kappa shape index (κ1) is 16.3. The number of rotatable bonds is 6. The second-order valence-corrected chi connectivity index (χ2v) is 6.12. The highest BCUT2D eigenvalue weighted by Gasteiger charge is 2.12. The van der Waals surface area contributed by atoms with Gasteiger partial charge in [-0.2, -0.15) is 0 Å². The summed E-state index contributed by atoms with van der Waals surface area (Å²) < 4.78 is 1.47. The lowest BCUT2D eigenvalue weighted by Gasteiger charge is -2.06. The predicted octanol–water partition coefficient (Wildman–Crippen LogP) is 0.596. The van der Waals surface area contributed by atoms with E-state index in [1.807, 2.05) is 6.92 Å². The quantitative estimate of drug-likeness (QED) is 0.526. The van der Waals surface area contributed by atoms with Gasteiger partial charge in [-0.1, -0.05) is 24.8 Å². The molecule has 2 aromatic heterocycles. The van der Waals surface area contributed by atoms with Gasteiger partial charge in [0.05, 0.1) is 10.6 Å². The molecule has 0 spiro atoms. The van der Waals surface area contributed by atoms with Crippen LogP contribution < -0.4 is 16.5 Å². The van der Waals surface area contributed by atoms with Crippen LogP contribution in [0.2, 0.25) is 0 Å². The fraction of sp³-hybridized carbons (Fsp3) is 0.333. The van der Waals surface area contributed by atoms with Crippen LogP contribution in [0.25, 0.3) is 0 Å². The molecule has 0 aliphatic rings. The number of hydrogen-bond donors (Lipinski definition) is 3. The maximum atomic E-state index is 11.7. The maximum absolute atomic E-state index is 11.7. The van der Waals surface area contributed by atoms with E-state index in [4.69, 9.17) is 0 Å². The lowest BCUT2D eigenvalue weighted by atomic mass is 10.4. The standard InChI is InChI=1S/C12H15N5O3S2/c1-2-5-17-11(20)15-16-12(17)22-7-9(18)13-14-10(19)8-4-3-6-21-8/h3-4,6H,2,5,7H2,1H3,(H,13,18)(H,14,19)(H,15,20). The molecule has 3 N–H and O–H groups in total. The summed E-state index contributed by atoms with van der Waals surface area (Å²) in [6.45, 7) is 2.48. The van der Waals surface area contributed by atoms with Gasteiger partial charge >= 0.3 is 5.69 Å². The molecule has 0 aliphatic carbocycles. The van der Waals surface area contributed by atoms with Crippen LogP contribution in [-0.4, -0.2) is 32.3 Å². The molecule has 22 heavy (non-hydrogen) atoms. The first-order valence-electron chi connectivity index (χ1n) is 6.52. The van der Waals surface area contributed by atoms with Crippen molar-refractivity contribution in [3.63, 3.8) is 0 Å². The number of aromatic nitrogens is 3. The molecule has 0 radical (unpaired) electrons. The zero-order valence-corrected chi connectivity index (χ0v) is 13.4. The Kier molecular flexibility index (Phi) is 5.78. The van der Waals surface area contributed by atoms with Crippen molar-refractivity contribution in [3.8, 4) is 0 Å². The molecule has 2 aromatic rings. The van der Waals surface area contributed by atoms with E-state index in [0.717, 1.165) is 18.2 Å². The first-order valence-corrected chi connectivity index (χ1v) is 8.39. The number of hydrogen-bond acceptors (Lipinski definition) is 6. The van der Waals surface area contributed by atoms with Gasteiger partial charge in [-0.15, -0.1) is 16.4 Å². The summed E-state index contributed by atoms with van der Waals surface area (Å²) in [5.74, 6) is -0.706. The van der Waals surface area contributed by atoms with E-state index in [9.17, 15) is 14.4 Å². The summed E-state index contributed by atoms with van der Waals surface area (Å²) in [5.41, 5.74) is 4.35. The van der Waals surface area contributed by atoms with E-state index in [1.54, 1.807) is 17.5 Å². The molecule has 0 unspecified atom stereocenters. The third-order valence-corrected chi connectivity index (χ3v) is 4.41. The minimum atomic E-state index is -0.381. The Labute approximate surface area is 134 Å². The highest BCUT2D eigenvalue weighted by molar-refractivity contribution is 7.99. The van der Waals surface area contributed by atoms with Gasteiger partial charge in [-0.3, -0.25) is 25.0 Å². The molecule has 2 rings (SSSR count). The van der Waals surface area contributed by atoms with Gasteiger partial charge in [0, 0.05) is 6.54 Å². The Morgan fingerprint density at radius 3 is 2.95 bits per heavy atom. The zero-order valence-electron chi connectivity index (χ0n) is 11.8. The molecule has 0 saturated heterocycles. The molecule has 118 valence electrons. The van der Waals surface area contributed by atoms with Crippen LogP contribution in [-0.2, 0) is 11.3 Å². The van der Waals surface area contributed by atoms with E-state index in [1.165, 1.54) is 15.9 Å². The molecule has 2 heterocycles. The second kappa shape index (κ2) is 7.80. The number of nitrogens with zero attached hydrogens (tertiary/aromatic N) is 2. The van der Waals surface area contributed by atoms with E-state index in [0.29, 0.717) is 16.6 Å². The molecule has 0 aromatic carbocycles. The third-order valence-electron chi connectivity index (χ3n) is 2.56. The average Bonchev–Trinajstić information content (AvgIpc) is 3.15. The number of hydrazine groups is 1. The van der Waals surface area contributed by atoms with Gasteiger partial charge in [0.25, 0.3) is 5.91 Å². The van der Waals surface area contributed by atoms with E-state index in [2.05, 4.69) is 21.0 Å². The van der Waals surface area contributed by atoms with Crippen LogP contribution in [0, 0.1) is 0 Å². The number of H-pyrrole nitrogens is 1. The van der Waals surface area contributed by atoms with Crippen LogP contribution >= 0.6 is 23.1 Å². The van der Waals surface area contributed by atoms with Crippen LogP contribution in [0.5, 0.6) is 0 Å². The lowest BCUT2D eigenvalue weighted by Crippen LogP contribution is -2.42. The molecule has 0 bridgehead atoms. The summed E-state index contributed by atoms with van der Waals surface area (Å²) in [6.07, 6.45) is 0.788. The minimum Gasteiger partial charge on any atom is -0.272 e. The monoisotopic (exact) mass is 341 g/mol. The van der Waals surface area contributed by atoms with E-state index < -0.39 is 0 Å². The van der Waals surface area contributed by atoms with Gasteiger partial charge in [0.15, 0.2) is 5.16 Å². The number of thioether (sulfide) groups is 1. The summed E-state index contributed by atoms with van der Waals surface area (Å²) in [5, 5.41) is 8.44. The summed E-state index contributed by atoms with van der Waals surface area (Å²) in [7, 11) is 0. The summed E-state index contributed by atoms with van der Waals surface area (Å²) >= 11 is 2.41. The van der Waals surface area contributed by atoms with Gasteiger partial charge in [-0.25, -0.2) is 9.89 Å². The van der Waals surface area contributed by atoms with Crippen LogP contribution in [0.15, 0.2) is 27.5 Å². The van der Waals surface area contributed by atoms with Crippen molar-refractivity contribution in [1.82, 2.24) is 25.6 Å². The molecule has 0 atom stereocenters. The highest BCUT2D eigenvalue weighted by Crippen LogP contribution is 2.12. The largest absolute Gasteiger partial charge is 0.343 e. The van der Waals surface area contributed by atoms with Gasteiger partial charge in [0.1, 0.15) is 0 Å². The Morgan fingerprint density at radius 2 is 2.27 bits per heavy atom. The number of aromatic amines is 1. The molecule has 2 amide bonds. The van der Waals surface area contributed by atoms with Crippen molar-refractivity contribution < 1.29 is 9.59 Å². The highest BCUT2D eigenvalue weighted by atomic mass is 32.2. The van der Waals surface area contributed by atoms with Crippen molar-refractivity contribution in [2.45, 2.75) is 25.0 Å². The number of carbonyl (C=O) groups is 2. The topological polar surface area (TPSA) is 109 Å². The molecule has 0 saturated carbocycles. The third kappa shape index (κ3) is 4.21. The maximum Gasteiger partial charge on any atom is 0.343 e. The van der Waals surface area contributed by atoms with Crippen molar-refractivity contribution in [3.05, 3.63) is 32.9 Å². The number of nitrogens with one attached hydrogen (secondary N) is 3. The van der Waals surface area contributed by atoms with Crippen molar-refractivity contribution >= 4 is 34.9 Å². The molecule has 10 heteroatoms. The van der Waals surface area contributed by atoms with Gasteiger partial charge < -0.3 is 0 Å². The SMILES string of the molecule is CCCn1c(SCC(=O)NNC(=O)c2cccs2)n[nH]c1=O. The fourth-order valence-corrected chi connectivity index (χ4v) is 2.99. The van der Waals surface area contributed by atoms with Gasteiger partial charge in [0.2, 0.25) is 5.91 Å². The van der Waals surface area contributed by atoms with Crippen molar-refractivity contribution in [2.24, 2.45) is 0 Å². The average molecular weight is 341 g/mol. The Bertz CT molecular complexity index is 692. The minimum absolute atomic E-state index is 0.0404. The smallest absolute Gasteiger partial charge is 0.272 e. The number of thiophene rings is 1. The molecule has 0 fully saturated rings. The van der Waals surface area contributed by atoms with Crippen LogP contribution in [0.1, 0.15) is 23.0 Å². The molecule has 0 aliphatic heterocycles. The first-order chi connectivity index (χ1) is 10.6. The predicted molar refractivity (Wildman–Crippen MR) is 83.8 cm³/mol. The molecule has 8 nitrogen and oxygen atoms in total. The van der Waals surface area contributed by atoms with E-state index in [-0.39, 0.29) is 23.3 Å². The van der Waals surface area contributed by atoms with Crippen LogP contribution in [0.4, 0.5) is 0 Å². The molecular formula is C12H15N5O3S2. The lowest BCUT2D eigenvalue weighted by molar-refractivity contribution is -0.119. The summed E-state index contributed by atoms with van der Waals surface area (Å²) in [4.78, 5) is 35.3. The number of amides is 2. The summed E-state index contributed by atoms with van der Waals surface area (Å²) in [6, 6.07) is 3.41. The van der Waals surface area contributed by atoms with E-state index >= 15 is 0 Å². The fourth-order valence-electron chi connectivity index (χ4n) is 1.60. The second-order valence-electron chi connectivity index (χ2n) is 4.23. The van der Waals surface area contributed by atoms with Crippen molar-refractivity contribution in [2.75, 3.05) is 5.75 Å². The van der Waals surface area contributed by atoms with Crippen molar-refractivity contribution in [1.29, 1.82) is 0 Å².